The maximum atomic E-state index is 11.9. The van der Waals surface area contributed by atoms with Gasteiger partial charge in [-0.25, -0.2) is 0 Å². The molecule has 104 valence electrons. The molecule has 0 saturated carbocycles. The Kier molecular flexibility index (Phi) is 5.22. The number of nitrogens with zero attached hydrogens (tertiary/aromatic N) is 2. The lowest BCUT2D eigenvalue weighted by Crippen LogP contribution is -2.30. The van der Waals surface area contributed by atoms with Gasteiger partial charge in [0.25, 0.3) is 0 Å². The number of thioether (sulfide) groups is 1. The van der Waals surface area contributed by atoms with Crippen LogP contribution in [-0.4, -0.2) is 40.8 Å². The Hall–Kier alpha value is -1.07. The summed E-state index contributed by atoms with van der Waals surface area (Å²) in [6.45, 7) is 5.49. The van der Waals surface area contributed by atoms with Crippen LogP contribution in [0.4, 0.5) is 0 Å². The predicted octanol–water partition coefficient (Wildman–Crippen LogP) is 2.47. The minimum atomic E-state index is 0.111. The summed E-state index contributed by atoms with van der Waals surface area (Å²) < 4.78 is 5.52. The van der Waals surface area contributed by atoms with Gasteiger partial charge in [0.15, 0.2) is 0 Å². The zero-order chi connectivity index (χ0) is 13.7. The minimum Gasteiger partial charge on any atom is -0.379 e. The highest BCUT2D eigenvalue weighted by atomic mass is 32.2. The van der Waals surface area contributed by atoms with Crippen molar-refractivity contribution in [3.8, 4) is 0 Å². The molecule has 1 amide bonds. The number of ether oxygens (including phenoxy) is 1. The van der Waals surface area contributed by atoms with E-state index in [4.69, 9.17) is 4.74 Å². The molecule has 4 nitrogen and oxygen atoms in total. The fourth-order valence-electron chi connectivity index (χ4n) is 2.05. The van der Waals surface area contributed by atoms with Crippen LogP contribution < -0.4 is 0 Å². The Morgan fingerprint density at radius 2 is 2.42 bits per heavy atom. The highest BCUT2D eigenvalue weighted by Gasteiger charge is 2.32. The highest BCUT2D eigenvalue weighted by molar-refractivity contribution is 8.00. The van der Waals surface area contributed by atoms with Gasteiger partial charge in [-0.1, -0.05) is 6.07 Å². The zero-order valence-electron chi connectivity index (χ0n) is 11.4. The SMILES string of the molecule is CC(C)OCCCN1C(=O)CSC1c1cccnc1. The third-order valence-corrected chi connectivity index (χ3v) is 4.19. The Bertz CT molecular complexity index is 411. The first-order valence-corrected chi connectivity index (χ1v) is 7.66. The van der Waals surface area contributed by atoms with E-state index in [1.165, 1.54) is 0 Å². The van der Waals surface area contributed by atoms with E-state index >= 15 is 0 Å². The van der Waals surface area contributed by atoms with E-state index in [2.05, 4.69) is 4.98 Å². The molecule has 1 aliphatic rings. The molecule has 0 aliphatic carbocycles. The van der Waals surface area contributed by atoms with Gasteiger partial charge in [-0.15, -0.1) is 11.8 Å². The smallest absolute Gasteiger partial charge is 0.233 e. The van der Waals surface area contributed by atoms with E-state index in [1.54, 1.807) is 18.0 Å². The quantitative estimate of drug-likeness (QED) is 0.751. The Balaban J connectivity index is 1.91. The summed E-state index contributed by atoms with van der Waals surface area (Å²) in [6.07, 6.45) is 4.72. The lowest BCUT2D eigenvalue weighted by molar-refractivity contribution is -0.128. The second-order valence-electron chi connectivity index (χ2n) is 4.81. The largest absolute Gasteiger partial charge is 0.379 e. The third kappa shape index (κ3) is 3.94. The summed E-state index contributed by atoms with van der Waals surface area (Å²) in [4.78, 5) is 18.0. The van der Waals surface area contributed by atoms with Crippen molar-refractivity contribution in [1.82, 2.24) is 9.88 Å². The number of carbonyl (C=O) groups excluding carboxylic acids is 1. The monoisotopic (exact) mass is 280 g/mol. The number of aromatic nitrogens is 1. The molecular formula is C14H20N2O2S. The summed E-state index contributed by atoms with van der Waals surface area (Å²) in [6, 6.07) is 3.94. The summed E-state index contributed by atoms with van der Waals surface area (Å²) in [7, 11) is 0. The highest BCUT2D eigenvalue weighted by Crippen LogP contribution is 2.38. The molecule has 1 aromatic heterocycles. The standard InChI is InChI=1S/C14H20N2O2S/c1-11(2)18-8-4-7-16-13(17)10-19-14(16)12-5-3-6-15-9-12/h3,5-6,9,11,14H,4,7-8,10H2,1-2H3. The maximum absolute atomic E-state index is 11.9. The van der Waals surface area contributed by atoms with Gasteiger partial charge in [0.1, 0.15) is 5.37 Å². The first-order chi connectivity index (χ1) is 9.18. The summed E-state index contributed by atoms with van der Waals surface area (Å²) in [5.41, 5.74) is 1.10. The molecule has 0 N–H and O–H groups in total. The summed E-state index contributed by atoms with van der Waals surface area (Å²) >= 11 is 1.67. The molecule has 1 aliphatic heterocycles. The Morgan fingerprint density at radius 1 is 1.58 bits per heavy atom. The average molecular weight is 280 g/mol. The average Bonchev–Trinajstić information content (AvgIpc) is 2.77. The first-order valence-electron chi connectivity index (χ1n) is 6.61. The van der Waals surface area contributed by atoms with E-state index in [0.29, 0.717) is 12.4 Å². The number of pyridine rings is 1. The minimum absolute atomic E-state index is 0.111. The normalized spacial score (nSPS) is 19.4. The van der Waals surface area contributed by atoms with Crippen LogP contribution in [0, 0.1) is 0 Å². The van der Waals surface area contributed by atoms with Gasteiger partial charge in [-0.2, -0.15) is 0 Å². The number of carbonyl (C=O) groups is 1. The van der Waals surface area contributed by atoms with Crippen LogP contribution in [0.15, 0.2) is 24.5 Å². The second-order valence-corrected chi connectivity index (χ2v) is 5.88. The van der Waals surface area contributed by atoms with Gasteiger partial charge in [0.2, 0.25) is 5.91 Å². The van der Waals surface area contributed by atoms with Crippen LogP contribution in [0.25, 0.3) is 0 Å². The lowest BCUT2D eigenvalue weighted by Gasteiger charge is -2.24. The molecule has 1 aromatic rings. The third-order valence-electron chi connectivity index (χ3n) is 2.93. The van der Waals surface area contributed by atoms with Crippen LogP contribution in [0.1, 0.15) is 31.2 Å². The molecule has 1 unspecified atom stereocenters. The number of rotatable bonds is 6. The van der Waals surface area contributed by atoms with Gasteiger partial charge in [0, 0.05) is 31.1 Å². The van der Waals surface area contributed by atoms with E-state index in [1.807, 2.05) is 37.1 Å². The molecular weight excluding hydrogens is 260 g/mol. The number of hydrogen-bond donors (Lipinski definition) is 0. The van der Waals surface area contributed by atoms with Gasteiger partial charge in [0.05, 0.1) is 11.9 Å². The molecule has 1 saturated heterocycles. The topological polar surface area (TPSA) is 42.4 Å². The van der Waals surface area contributed by atoms with Crippen molar-refractivity contribution < 1.29 is 9.53 Å². The molecule has 19 heavy (non-hydrogen) atoms. The Morgan fingerprint density at radius 3 is 3.11 bits per heavy atom. The van der Waals surface area contributed by atoms with Gasteiger partial charge < -0.3 is 9.64 Å². The van der Waals surface area contributed by atoms with Crippen molar-refractivity contribution in [2.75, 3.05) is 18.9 Å². The van der Waals surface area contributed by atoms with Crippen molar-refractivity contribution in [3.05, 3.63) is 30.1 Å². The Labute approximate surface area is 118 Å². The van der Waals surface area contributed by atoms with Crippen LogP contribution in [0.2, 0.25) is 0 Å². The fourth-order valence-corrected chi connectivity index (χ4v) is 3.25. The van der Waals surface area contributed by atoms with Crippen LogP contribution in [-0.2, 0) is 9.53 Å². The van der Waals surface area contributed by atoms with E-state index < -0.39 is 0 Å². The molecule has 1 fully saturated rings. The van der Waals surface area contributed by atoms with Gasteiger partial charge in [-0.05, 0) is 26.3 Å². The number of amides is 1. The fraction of sp³-hybridized carbons (Fsp3) is 0.571. The number of hydrogen-bond acceptors (Lipinski definition) is 4. The van der Waals surface area contributed by atoms with Crippen LogP contribution in [0.3, 0.4) is 0 Å². The first kappa shape index (κ1) is 14.3. The van der Waals surface area contributed by atoms with Gasteiger partial charge >= 0.3 is 0 Å². The van der Waals surface area contributed by atoms with Crippen molar-refractivity contribution in [2.24, 2.45) is 0 Å². The predicted molar refractivity (Wildman–Crippen MR) is 76.9 cm³/mol. The molecule has 0 spiro atoms. The molecule has 0 bridgehead atoms. The molecule has 2 heterocycles. The summed E-state index contributed by atoms with van der Waals surface area (Å²) in [5.74, 6) is 0.772. The molecule has 5 heteroatoms. The molecule has 2 rings (SSSR count). The van der Waals surface area contributed by atoms with E-state index in [-0.39, 0.29) is 17.4 Å². The van der Waals surface area contributed by atoms with Gasteiger partial charge in [-0.3, -0.25) is 9.78 Å². The van der Waals surface area contributed by atoms with Crippen molar-refractivity contribution in [1.29, 1.82) is 0 Å². The van der Waals surface area contributed by atoms with Crippen LogP contribution in [0.5, 0.6) is 0 Å². The molecule has 0 aromatic carbocycles. The summed E-state index contributed by atoms with van der Waals surface area (Å²) in [5, 5.41) is 0.111. The zero-order valence-corrected chi connectivity index (χ0v) is 12.2. The van der Waals surface area contributed by atoms with E-state index in [9.17, 15) is 4.79 Å². The van der Waals surface area contributed by atoms with Crippen LogP contribution >= 0.6 is 11.8 Å². The molecule has 0 radical (unpaired) electrons. The van der Waals surface area contributed by atoms with Crippen molar-refractivity contribution >= 4 is 17.7 Å². The maximum Gasteiger partial charge on any atom is 0.233 e. The van der Waals surface area contributed by atoms with Crippen molar-refractivity contribution in [2.45, 2.75) is 31.7 Å². The lowest BCUT2D eigenvalue weighted by atomic mass is 10.2. The van der Waals surface area contributed by atoms with E-state index in [0.717, 1.165) is 18.5 Å². The molecule has 1 atom stereocenters. The van der Waals surface area contributed by atoms with Crippen molar-refractivity contribution in [3.63, 3.8) is 0 Å². The second kappa shape index (κ2) is 6.91.